The predicted molar refractivity (Wildman–Crippen MR) is 153 cm³/mol. The topological polar surface area (TPSA) is 75.7 Å². The van der Waals surface area contributed by atoms with Crippen LogP contribution in [-0.2, 0) is 14.4 Å². The summed E-state index contributed by atoms with van der Waals surface area (Å²) in [4.78, 5) is 42.3. The number of carbonyl (C=O) groups is 3. The summed E-state index contributed by atoms with van der Waals surface area (Å²) in [7, 11) is 1.95. The minimum atomic E-state index is -0.656. The van der Waals surface area contributed by atoms with Gasteiger partial charge < -0.3 is 15.0 Å². The molecule has 6 nitrogen and oxygen atoms in total. The Labute approximate surface area is 239 Å². The van der Waals surface area contributed by atoms with Crippen LogP contribution < -0.4 is 10.1 Å². The van der Waals surface area contributed by atoms with Crippen LogP contribution in [-0.4, -0.2) is 36.0 Å². The van der Waals surface area contributed by atoms with Gasteiger partial charge in [0.2, 0.25) is 0 Å². The predicted octanol–water partition coefficient (Wildman–Crippen LogP) is 6.81. The number of Topliss-reactive ketones (excluding diaryl/α,β-unsaturated/α-hetero) is 2. The number of amides is 1. The number of halogens is 2. The number of ketones is 2. The number of hydrogen-bond acceptors (Lipinski definition) is 5. The van der Waals surface area contributed by atoms with Gasteiger partial charge in [0.05, 0.1) is 5.69 Å². The number of nitrogens with zero attached hydrogens (tertiary/aromatic N) is 1. The summed E-state index contributed by atoms with van der Waals surface area (Å²) in [6.07, 6.45) is 2.10. The van der Waals surface area contributed by atoms with Crippen LogP contribution in [0.15, 0.2) is 65.0 Å². The number of benzene rings is 2. The first-order chi connectivity index (χ1) is 18.8. The van der Waals surface area contributed by atoms with E-state index in [0.29, 0.717) is 53.2 Å². The van der Waals surface area contributed by atoms with Crippen molar-refractivity contribution in [2.75, 3.05) is 19.0 Å². The van der Waals surface area contributed by atoms with E-state index in [1.54, 1.807) is 24.3 Å². The zero-order valence-corrected chi connectivity index (χ0v) is 24.2. The summed E-state index contributed by atoms with van der Waals surface area (Å²) >= 11 is 6.48. The average Bonchev–Trinajstić information content (AvgIpc) is 2.85. The Balaban J connectivity index is 1.58. The minimum Gasteiger partial charge on any atom is -0.483 e. The summed E-state index contributed by atoms with van der Waals surface area (Å²) < 4.78 is 20.0. The number of allylic oxidation sites excluding steroid dienone is 4. The van der Waals surface area contributed by atoms with Crippen molar-refractivity contribution in [2.24, 2.45) is 10.8 Å². The molecule has 1 amide bonds. The summed E-state index contributed by atoms with van der Waals surface area (Å²) in [6, 6.07) is 10.9. The van der Waals surface area contributed by atoms with Crippen LogP contribution in [0.2, 0.25) is 5.02 Å². The molecule has 2 aliphatic carbocycles. The fourth-order valence-electron chi connectivity index (χ4n) is 6.24. The highest BCUT2D eigenvalue weighted by molar-refractivity contribution is 6.30. The molecule has 5 rings (SSSR count). The van der Waals surface area contributed by atoms with Crippen molar-refractivity contribution >= 4 is 34.8 Å². The number of carbonyl (C=O) groups excluding carboxylic acids is 3. The molecule has 0 radical (unpaired) electrons. The number of nitrogens with one attached hydrogen (secondary N) is 1. The molecule has 2 aromatic rings. The Morgan fingerprint density at radius 3 is 2.12 bits per heavy atom. The highest BCUT2D eigenvalue weighted by atomic mass is 35.5. The van der Waals surface area contributed by atoms with Crippen molar-refractivity contribution in [1.82, 2.24) is 4.90 Å². The first-order valence-electron chi connectivity index (χ1n) is 13.5. The molecule has 40 heavy (non-hydrogen) atoms. The van der Waals surface area contributed by atoms with Crippen LogP contribution in [0, 0.1) is 16.6 Å². The molecule has 0 unspecified atom stereocenters. The van der Waals surface area contributed by atoms with Crippen molar-refractivity contribution in [3.8, 4) is 5.75 Å². The van der Waals surface area contributed by atoms with Crippen LogP contribution >= 0.6 is 11.6 Å². The molecule has 0 fully saturated rings. The maximum atomic E-state index is 14.0. The lowest BCUT2D eigenvalue weighted by atomic mass is 9.63. The normalized spacial score (nSPS) is 20.3. The number of hydrogen-bond donors (Lipinski definition) is 1. The highest BCUT2D eigenvalue weighted by Crippen LogP contribution is 2.55. The van der Waals surface area contributed by atoms with Crippen molar-refractivity contribution in [3.63, 3.8) is 0 Å². The largest absolute Gasteiger partial charge is 0.483 e. The molecular formula is C32H34ClFN2O4. The van der Waals surface area contributed by atoms with Crippen LogP contribution in [0.3, 0.4) is 0 Å². The Bertz CT molecular complexity index is 1440. The van der Waals surface area contributed by atoms with Crippen molar-refractivity contribution < 1.29 is 23.5 Å². The monoisotopic (exact) mass is 564 g/mol. The smallest absolute Gasteiger partial charge is 0.262 e. The van der Waals surface area contributed by atoms with E-state index in [9.17, 15) is 18.8 Å². The molecule has 0 spiro atoms. The molecule has 8 heteroatoms. The fourth-order valence-corrected chi connectivity index (χ4v) is 6.42. The fraction of sp³-hybridized carbons (Fsp3) is 0.406. The summed E-state index contributed by atoms with van der Waals surface area (Å²) in [6.45, 7) is 7.94. The van der Waals surface area contributed by atoms with Gasteiger partial charge in [-0.05, 0) is 54.0 Å². The Hall–Kier alpha value is -3.45. The van der Waals surface area contributed by atoms with Gasteiger partial charge in [0, 0.05) is 58.9 Å². The van der Waals surface area contributed by atoms with E-state index in [0.717, 1.165) is 11.4 Å². The lowest BCUT2D eigenvalue weighted by Gasteiger charge is -2.48. The van der Waals surface area contributed by atoms with Gasteiger partial charge in [0.15, 0.2) is 18.2 Å². The summed E-state index contributed by atoms with van der Waals surface area (Å²) in [5.41, 5.74) is 3.20. The van der Waals surface area contributed by atoms with Gasteiger partial charge in [-0.25, -0.2) is 4.39 Å². The SMILES string of the molecule is CN1C2=C(C(=O)CC(C)(C)C2)C(c2cc(Cl)ccc2OCC(=O)Nc2ccccc2F)C2=C1CC(C)(C)CC2=O. The van der Waals surface area contributed by atoms with Crippen LogP contribution in [0.5, 0.6) is 5.75 Å². The second kappa shape index (κ2) is 10.2. The van der Waals surface area contributed by atoms with E-state index in [1.165, 1.54) is 18.2 Å². The first-order valence-corrected chi connectivity index (χ1v) is 13.9. The van der Waals surface area contributed by atoms with E-state index in [4.69, 9.17) is 16.3 Å². The molecule has 0 aromatic heterocycles. The molecule has 1 heterocycles. The average molecular weight is 565 g/mol. The Morgan fingerprint density at radius 2 is 1.55 bits per heavy atom. The zero-order valence-electron chi connectivity index (χ0n) is 23.5. The zero-order chi connectivity index (χ0) is 29.0. The summed E-state index contributed by atoms with van der Waals surface area (Å²) in [5, 5.41) is 2.95. The first kappa shape index (κ1) is 28.1. The second-order valence-electron chi connectivity index (χ2n) is 12.6. The van der Waals surface area contributed by atoms with Crippen LogP contribution in [0.4, 0.5) is 10.1 Å². The van der Waals surface area contributed by atoms with E-state index in [2.05, 4.69) is 37.9 Å². The maximum absolute atomic E-state index is 14.0. The molecule has 1 aliphatic heterocycles. The van der Waals surface area contributed by atoms with E-state index in [-0.39, 0.29) is 28.1 Å². The number of rotatable bonds is 5. The third-order valence-corrected chi connectivity index (χ3v) is 8.20. The Kier molecular flexibility index (Phi) is 7.15. The van der Waals surface area contributed by atoms with Gasteiger partial charge in [0.25, 0.3) is 5.91 Å². The van der Waals surface area contributed by atoms with E-state index < -0.39 is 24.2 Å². The maximum Gasteiger partial charge on any atom is 0.262 e. The number of para-hydroxylation sites is 1. The lowest BCUT2D eigenvalue weighted by Crippen LogP contribution is -2.43. The third-order valence-electron chi connectivity index (χ3n) is 7.97. The molecule has 0 atom stereocenters. The van der Waals surface area contributed by atoms with E-state index in [1.807, 2.05) is 7.05 Å². The van der Waals surface area contributed by atoms with Crippen molar-refractivity contribution in [2.45, 2.75) is 59.3 Å². The standard InChI is InChI=1S/C32H34ClFN2O4/c1-31(2)13-22-29(24(37)15-31)28(30-23(36(22)5)14-32(3,4)16-25(30)38)19-12-18(33)10-11-26(19)40-17-27(39)35-21-9-7-6-8-20(21)34/h6-12,28H,13-17H2,1-5H3,(H,35,39). The van der Waals surface area contributed by atoms with Gasteiger partial charge in [-0.3, -0.25) is 14.4 Å². The third kappa shape index (κ3) is 5.31. The van der Waals surface area contributed by atoms with Gasteiger partial charge in [0.1, 0.15) is 11.6 Å². The van der Waals surface area contributed by atoms with Gasteiger partial charge in [-0.1, -0.05) is 51.4 Å². The van der Waals surface area contributed by atoms with E-state index >= 15 is 0 Å². The van der Waals surface area contributed by atoms with Crippen LogP contribution in [0.1, 0.15) is 64.9 Å². The molecule has 0 saturated heterocycles. The number of ether oxygens (including phenoxy) is 1. The molecule has 210 valence electrons. The molecule has 0 bridgehead atoms. The second-order valence-corrected chi connectivity index (χ2v) is 13.0. The quantitative estimate of drug-likeness (QED) is 0.431. The molecule has 0 saturated carbocycles. The van der Waals surface area contributed by atoms with Gasteiger partial charge >= 0.3 is 0 Å². The lowest BCUT2D eigenvalue weighted by molar-refractivity contribution is -0.120. The molecule has 2 aromatic carbocycles. The van der Waals surface area contributed by atoms with Crippen molar-refractivity contribution in [1.29, 1.82) is 0 Å². The van der Waals surface area contributed by atoms with Crippen LogP contribution in [0.25, 0.3) is 0 Å². The van der Waals surface area contributed by atoms with Crippen molar-refractivity contribution in [3.05, 3.63) is 81.4 Å². The molecule has 3 aliphatic rings. The molecule has 1 N–H and O–H groups in total. The van der Waals surface area contributed by atoms with Gasteiger partial charge in [-0.15, -0.1) is 0 Å². The van der Waals surface area contributed by atoms with Gasteiger partial charge in [-0.2, -0.15) is 0 Å². The number of anilines is 1. The Morgan fingerprint density at radius 1 is 0.975 bits per heavy atom. The molecular weight excluding hydrogens is 531 g/mol. The summed E-state index contributed by atoms with van der Waals surface area (Å²) in [5.74, 6) is -1.41. The highest BCUT2D eigenvalue weighted by Gasteiger charge is 2.48. The minimum absolute atomic E-state index is 0.00416.